The highest BCUT2D eigenvalue weighted by molar-refractivity contribution is 5.80. The second-order valence-electron chi connectivity index (χ2n) is 5.80. The van der Waals surface area contributed by atoms with Gasteiger partial charge in [0.15, 0.2) is 5.82 Å². The number of rotatable bonds is 4. The maximum atomic E-state index is 13.8. The van der Waals surface area contributed by atoms with E-state index in [2.05, 4.69) is 15.5 Å². The summed E-state index contributed by atoms with van der Waals surface area (Å²) >= 11 is 0. The summed E-state index contributed by atoms with van der Waals surface area (Å²) in [5, 5.41) is 11.6. The molecule has 0 aliphatic rings. The van der Waals surface area contributed by atoms with E-state index in [1.54, 1.807) is 22.6 Å². The fraction of sp³-hybridized carbons (Fsp3) is 0.167. The lowest BCUT2D eigenvalue weighted by molar-refractivity contribution is 0.602. The van der Waals surface area contributed by atoms with Gasteiger partial charge in [0, 0.05) is 6.54 Å². The van der Waals surface area contributed by atoms with E-state index in [4.69, 9.17) is 0 Å². The Balaban J connectivity index is 1.85. The minimum atomic E-state index is -0.560. The van der Waals surface area contributed by atoms with Crippen molar-refractivity contribution in [2.75, 3.05) is 5.32 Å². The third kappa shape index (κ3) is 2.50. The molecule has 0 spiro atoms. The Morgan fingerprint density at radius 3 is 2.73 bits per heavy atom. The van der Waals surface area contributed by atoms with Gasteiger partial charge in [-0.25, -0.2) is 8.78 Å². The molecular weight excluding hydrogens is 340 g/mol. The van der Waals surface area contributed by atoms with Gasteiger partial charge in [-0.15, -0.1) is 10.2 Å². The number of nitrogens with one attached hydrogen (secondary N) is 1. The summed E-state index contributed by atoms with van der Waals surface area (Å²) in [6, 6.07) is 10.4. The third-order valence-electron chi connectivity index (χ3n) is 4.26. The topological polar surface area (TPSA) is 64.2 Å². The largest absolute Gasteiger partial charge is 0.375 e. The number of aromatic nitrogens is 4. The number of nitrogens with zero attached hydrogens (tertiary/aromatic N) is 4. The monoisotopic (exact) mass is 355 g/mol. The molecule has 0 saturated carbocycles. The van der Waals surface area contributed by atoms with E-state index >= 15 is 0 Å². The van der Waals surface area contributed by atoms with Crippen molar-refractivity contribution in [3.63, 3.8) is 0 Å². The fourth-order valence-electron chi connectivity index (χ4n) is 3.02. The SMILES string of the molecule is CCn1c(=O)c2ccccc2n2c(CNc3cc(F)ccc3F)nnc12. The first kappa shape index (κ1) is 16.2. The second kappa shape index (κ2) is 6.21. The Morgan fingerprint density at radius 1 is 1.12 bits per heavy atom. The van der Waals surface area contributed by atoms with Gasteiger partial charge in [0.05, 0.1) is 23.1 Å². The van der Waals surface area contributed by atoms with Crippen LogP contribution in [0.3, 0.4) is 0 Å². The van der Waals surface area contributed by atoms with Crippen molar-refractivity contribution in [1.29, 1.82) is 0 Å². The smallest absolute Gasteiger partial charge is 0.262 e. The zero-order valence-corrected chi connectivity index (χ0v) is 13.9. The number of aryl methyl sites for hydroxylation is 1. The van der Waals surface area contributed by atoms with Gasteiger partial charge >= 0.3 is 0 Å². The quantitative estimate of drug-likeness (QED) is 0.611. The molecule has 0 aliphatic carbocycles. The van der Waals surface area contributed by atoms with Crippen LogP contribution >= 0.6 is 0 Å². The van der Waals surface area contributed by atoms with E-state index in [1.807, 2.05) is 13.0 Å². The molecule has 2 aromatic carbocycles. The molecule has 0 fully saturated rings. The highest BCUT2D eigenvalue weighted by atomic mass is 19.1. The normalized spacial score (nSPS) is 11.3. The molecule has 0 amide bonds. The van der Waals surface area contributed by atoms with Crippen LogP contribution in [0.2, 0.25) is 0 Å². The van der Waals surface area contributed by atoms with Crippen LogP contribution < -0.4 is 10.9 Å². The summed E-state index contributed by atoms with van der Waals surface area (Å²) < 4.78 is 30.4. The molecule has 2 heterocycles. The van der Waals surface area contributed by atoms with Crippen LogP contribution in [0.5, 0.6) is 0 Å². The van der Waals surface area contributed by atoms with Crippen molar-refractivity contribution < 1.29 is 8.78 Å². The van der Waals surface area contributed by atoms with Crippen LogP contribution in [0, 0.1) is 11.6 Å². The van der Waals surface area contributed by atoms with Gasteiger partial charge in [-0.2, -0.15) is 0 Å². The number of anilines is 1. The number of fused-ring (bicyclic) bond motifs is 3. The Bertz CT molecular complexity index is 1180. The lowest BCUT2D eigenvalue weighted by Crippen LogP contribution is -2.23. The summed E-state index contributed by atoms with van der Waals surface area (Å²) in [7, 11) is 0. The molecule has 0 unspecified atom stereocenters. The summed E-state index contributed by atoms with van der Waals surface area (Å²) in [6.45, 7) is 2.41. The average Bonchev–Trinajstić information content (AvgIpc) is 3.07. The van der Waals surface area contributed by atoms with E-state index in [9.17, 15) is 13.6 Å². The van der Waals surface area contributed by atoms with Crippen LogP contribution in [0.4, 0.5) is 14.5 Å². The molecule has 132 valence electrons. The van der Waals surface area contributed by atoms with Crippen molar-refractivity contribution in [1.82, 2.24) is 19.2 Å². The third-order valence-corrected chi connectivity index (χ3v) is 4.26. The molecule has 4 aromatic rings. The predicted octanol–water partition coefficient (Wildman–Crippen LogP) is 2.95. The van der Waals surface area contributed by atoms with Crippen molar-refractivity contribution in [2.45, 2.75) is 20.0 Å². The van der Waals surface area contributed by atoms with Crippen molar-refractivity contribution in [3.05, 3.63) is 70.3 Å². The molecule has 4 rings (SSSR count). The molecule has 2 aromatic heterocycles. The van der Waals surface area contributed by atoms with Crippen LogP contribution in [0.15, 0.2) is 47.3 Å². The van der Waals surface area contributed by atoms with Crippen LogP contribution in [0.1, 0.15) is 12.7 Å². The molecule has 0 radical (unpaired) electrons. The summed E-state index contributed by atoms with van der Waals surface area (Å²) in [5.74, 6) is -0.199. The van der Waals surface area contributed by atoms with Gasteiger partial charge in [-0.1, -0.05) is 12.1 Å². The summed E-state index contributed by atoms with van der Waals surface area (Å²) in [5.41, 5.74) is 0.562. The maximum Gasteiger partial charge on any atom is 0.262 e. The Hall–Kier alpha value is -3.29. The molecule has 0 atom stereocenters. The minimum Gasteiger partial charge on any atom is -0.375 e. The molecule has 0 aliphatic heterocycles. The summed E-state index contributed by atoms with van der Waals surface area (Å²) in [4.78, 5) is 12.6. The molecular formula is C18H15F2N5O. The number of benzene rings is 2. The van der Waals surface area contributed by atoms with Crippen LogP contribution in [0.25, 0.3) is 16.7 Å². The first-order valence-corrected chi connectivity index (χ1v) is 8.14. The van der Waals surface area contributed by atoms with Crippen molar-refractivity contribution in [2.24, 2.45) is 0 Å². The van der Waals surface area contributed by atoms with E-state index in [1.165, 1.54) is 4.57 Å². The zero-order valence-electron chi connectivity index (χ0n) is 13.9. The van der Waals surface area contributed by atoms with E-state index < -0.39 is 11.6 Å². The fourth-order valence-corrected chi connectivity index (χ4v) is 3.02. The zero-order chi connectivity index (χ0) is 18.3. The average molecular weight is 355 g/mol. The predicted molar refractivity (Wildman–Crippen MR) is 94.1 cm³/mol. The maximum absolute atomic E-state index is 13.8. The van der Waals surface area contributed by atoms with Gasteiger partial charge in [0.25, 0.3) is 5.56 Å². The standard InChI is InChI=1S/C18H15F2N5O/c1-2-24-17(26)12-5-3-4-6-15(12)25-16(22-23-18(24)25)10-21-14-9-11(19)7-8-13(14)20/h3-9,21H,2,10H2,1H3. The lowest BCUT2D eigenvalue weighted by Gasteiger charge is -2.10. The number of halogens is 2. The molecule has 0 bridgehead atoms. The number of hydrogen-bond donors (Lipinski definition) is 1. The Morgan fingerprint density at radius 2 is 1.92 bits per heavy atom. The second-order valence-corrected chi connectivity index (χ2v) is 5.80. The van der Waals surface area contributed by atoms with Gasteiger partial charge in [-0.3, -0.25) is 13.8 Å². The van der Waals surface area contributed by atoms with Crippen molar-refractivity contribution >= 4 is 22.4 Å². The first-order chi connectivity index (χ1) is 12.6. The number of hydrogen-bond acceptors (Lipinski definition) is 4. The van der Waals surface area contributed by atoms with Gasteiger partial charge in [-0.05, 0) is 37.3 Å². The van der Waals surface area contributed by atoms with Gasteiger partial charge in [0.2, 0.25) is 5.78 Å². The molecule has 26 heavy (non-hydrogen) atoms. The summed E-state index contributed by atoms with van der Waals surface area (Å²) in [6.07, 6.45) is 0. The molecule has 8 heteroatoms. The van der Waals surface area contributed by atoms with E-state index in [0.717, 1.165) is 18.2 Å². The van der Waals surface area contributed by atoms with Crippen LogP contribution in [-0.4, -0.2) is 19.2 Å². The molecule has 0 saturated heterocycles. The molecule has 6 nitrogen and oxygen atoms in total. The number of para-hydroxylation sites is 1. The highest BCUT2D eigenvalue weighted by Crippen LogP contribution is 2.18. The van der Waals surface area contributed by atoms with E-state index in [0.29, 0.717) is 29.0 Å². The Kier molecular flexibility index (Phi) is 3.87. The van der Waals surface area contributed by atoms with Crippen molar-refractivity contribution in [3.8, 4) is 0 Å². The van der Waals surface area contributed by atoms with Gasteiger partial charge in [0.1, 0.15) is 11.6 Å². The molecule has 1 N–H and O–H groups in total. The lowest BCUT2D eigenvalue weighted by atomic mass is 10.2. The van der Waals surface area contributed by atoms with E-state index in [-0.39, 0.29) is 17.8 Å². The Labute approximate surface area is 146 Å². The van der Waals surface area contributed by atoms with Gasteiger partial charge < -0.3 is 5.32 Å². The first-order valence-electron chi connectivity index (χ1n) is 8.14. The highest BCUT2D eigenvalue weighted by Gasteiger charge is 2.15. The van der Waals surface area contributed by atoms with Crippen LogP contribution in [-0.2, 0) is 13.1 Å². The minimum absolute atomic E-state index is 0.0369.